The molecular weight excluding hydrogens is 296 g/mol. The number of rotatable bonds is 8. The number of hydrogen-bond acceptors (Lipinski definition) is 5. The van der Waals surface area contributed by atoms with E-state index in [1.165, 1.54) is 0 Å². The van der Waals surface area contributed by atoms with Gasteiger partial charge in [0.1, 0.15) is 5.76 Å². The van der Waals surface area contributed by atoms with Crippen LogP contribution in [0.3, 0.4) is 0 Å². The van der Waals surface area contributed by atoms with Crippen LogP contribution < -0.4 is 5.32 Å². The quantitative estimate of drug-likeness (QED) is 0.752. The number of aromatic nitrogens is 3. The second-order valence-corrected chi connectivity index (χ2v) is 5.46. The van der Waals surface area contributed by atoms with E-state index in [9.17, 15) is 4.79 Å². The lowest BCUT2D eigenvalue weighted by Crippen LogP contribution is -2.27. The molecule has 0 aliphatic heterocycles. The van der Waals surface area contributed by atoms with Gasteiger partial charge in [-0.1, -0.05) is 5.16 Å². The van der Waals surface area contributed by atoms with E-state index >= 15 is 0 Å². The first-order chi connectivity index (χ1) is 11.0. The van der Waals surface area contributed by atoms with Gasteiger partial charge in [0.05, 0.1) is 12.2 Å². The number of ether oxygens (including phenoxy) is 1. The first-order valence-electron chi connectivity index (χ1n) is 7.85. The Morgan fingerprint density at radius 2 is 2.17 bits per heavy atom. The predicted octanol–water partition coefficient (Wildman–Crippen LogP) is 2.00. The molecule has 0 aromatic carbocycles. The summed E-state index contributed by atoms with van der Waals surface area (Å²) in [4.78, 5) is 12.3. The molecule has 0 saturated carbocycles. The summed E-state index contributed by atoms with van der Waals surface area (Å²) in [5.74, 6) is 0.409. The van der Waals surface area contributed by atoms with E-state index in [1.807, 2.05) is 31.5 Å². The molecule has 0 saturated heterocycles. The molecule has 0 fully saturated rings. The van der Waals surface area contributed by atoms with Crippen molar-refractivity contribution in [1.29, 1.82) is 0 Å². The molecule has 2 aromatic heterocycles. The number of carbonyl (C=O) groups is 1. The van der Waals surface area contributed by atoms with Crippen LogP contribution in [0.15, 0.2) is 10.6 Å². The van der Waals surface area contributed by atoms with E-state index in [-0.39, 0.29) is 5.91 Å². The third kappa shape index (κ3) is 4.41. The minimum Gasteiger partial charge on any atom is -0.382 e. The average Bonchev–Trinajstić information content (AvgIpc) is 3.02. The molecule has 2 rings (SSSR count). The van der Waals surface area contributed by atoms with Gasteiger partial charge in [0.25, 0.3) is 5.91 Å². The second kappa shape index (κ2) is 7.92. The van der Waals surface area contributed by atoms with Gasteiger partial charge in [-0.05, 0) is 40.2 Å². The summed E-state index contributed by atoms with van der Waals surface area (Å²) >= 11 is 0. The fourth-order valence-corrected chi connectivity index (χ4v) is 2.34. The van der Waals surface area contributed by atoms with E-state index in [4.69, 9.17) is 9.26 Å². The molecule has 126 valence electrons. The molecule has 0 bridgehead atoms. The van der Waals surface area contributed by atoms with Crippen LogP contribution in [0, 0.1) is 20.8 Å². The molecule has 7 nitrogen and oxygen atoms in total. The molecule has 0 atom stereocenters. The maximum Gasteiger partial charge on any atom is 0.273 e. The summed E-state index contributed by atoms with van der Waals surface area (Å²) in [5.41, 5.74) is 3.06. The lowest BCUT2D eigenvalue weighted by Gasteiger charge is -2.07. The minimum absolute atomic E-state index is 0.227. The highest BCUT2D eigenvalue weighted by molar-refractivity contribution is 5.93. The smallest absolute Gasteiger partial charge is 0.273 e. The van der Waals surface area contributed by atoms with Crippen molar-refractivity contribution in [3.05, 3.63) is 34.5 Å². The van der Waals surface area contributed by atoms with Gasteiger partial charge in [-0.3, -0.25) is 9.48 Å². The molecule has 0 spiro atoms. The predicted molar refractivity (Wildman–Crippen MR) is 85.5 cm³/mol. The van der Waals surface area contributed by atoms with Crippen molar-refractivity contribution < 1.29 is 14.1 Å². The van der Waals surface area contributed by atoms with Gasteiger partial charge in [0.15, 0.2) is 5.69 Å². The summed E-state index contributed by atoms with van der Waals surface area (Å²) in [6, 6.07) is 2.00. The van der Waals surface area contributed by atoms with Crippen LogP contribution in [0.2, 0.25) is 0 Å². The Labute approximate surface area is 136 Å². The highest BCUT2D eigenvalue weighted by Crippen LogP contribution is 2.16. The fraction of sp³-hybridized carbons (Fsp3) is 0.562. The zero-order valence-electron chi connectivity index (χ0n) is 14.2. The number of hydrogen-bond donors (Lipinski definition) is 1. The van der Waals surface area contributed by atoms with Crippen molar-refractivity contribution in [3.63, 3.8) is 0 Å². The zero-order chi connectivity index (χ0) is 16.8. The molecular formula is C16H24N4O3. The zero-order valence-corrected chi connectivity index (χ0v) is 14.2. The Morgan fingerprint density at radius 1 is 1.39 bits per heavy atom. The normalized spacial score (nSPS) is 11.0. The van der Waals surface area contributed by atoms with Crippen LogP contribution in [0.1, 0.15) is 46.5 Å². The Morgan fingerprint density at radius 3 is 2.83 bits per heavy atom. The summed E-state index contributed by atoms with van der Waals surface area (Å²) in [6.07, 6.45) is 0.767. The number of aryl methyl sites for hydroxylation is 3. The maximum atomic E-state index is 12.3. The first-order valence-corrected chi connectivity index (χ1v) is 7.85. The SMILES string of the molecule is CCOCCCNC(=O)c1noc(C)c1Cn1nc(C)cc1C. The largest absolute Gasteiger partial charge is 0.382 e. The molecule has 7 heteroatoms. The van der Waals surface area contributed by atoms with E-state index in [2.05, 4.69) is 15.6 Å². The summed E-state index contributed by atoms with van der Waals surface area (Å²) < 4.78 is 12.3. The van der Waals surface area contributed by atoms with Crippen LogP contribution in [-0.2, 0) is 11.3 Å². The Hall–Kier alpha value is -2.15. The Balaban J connectivity index is 2.03. The lowest BCUT2D eigenvalue weighted by atomic mass is 10.2. The summed E-state index contributed by atoms with van der Waals surface area (Å²) in [6.45, 7) is 10.0. The van der Waals surface area contributed by atoms with Crippen molar-refractivity contribution in [3.8, 4) is 0 Å². The van der Waals surface area contributed by atoms with Crippen molar-refractivity contribution in [2.45, 2.75) is 40.7 Å². The average molecular weight is 320 g/mol. The summed E-state index contributed by atoms with van der Waals surface area (Å²) in [5, 5.41) is 11.2. The highest BCUT2D eigenvalue weighted by atomic mass is 16.5. The third-order valence-corrected chi connectivity index (χ3v) is 3.57. The second-order valence-electron chi connectivity index (χ2n) is 5.46. The topological polar surface area (TPSA) is 82.2 Å². The van der Waals surface area contributed by atoms with Gasteiger partial charge in [0.2, 0.25) is 0 Å². The highest BCUT2D eigenvalue weighted by Gasteiger charge is 2.20. The number of carbonyl (C=O) groups excluding carboxylic acids is 1. The summed E-state index contributed by atoms with van der Waals surface area (Å²) in [7, 11) is 0. The standard InChI is InChI=1S/C16H24N4O3/c1-5-22-8-6-7-17-16(21)15-14(13(4)23-19-15)10-20-12(3)9-11(2)18-20/h9H,5-8,10H2,1-4H3,(H,17,21). The molecule has 0 aliphatic carbocycles. The molecule has 0 unspecified atom stereocenters. The van der Waals surface area contributed by atoms with Gasteiger partial charge >= 0.3 is 0 Å². The van der Waals surface area contributed by atoms with Crippen LogP contribution >= 0.6 is 0 Å². The molecule has 0 aliphatic rings. The number of nitrogens with one attached hydrogen (secondary N) is 1. The van der Waals surface area contributed by atoms with Gasteiger partial charge in [-0.2, -0.15) is 5.10 Å². The van der Waals surface area contributed by atoms with Crippen molar-refractivity contribution in [2.24, 2.45) is 0 Å². The van der Waals surface area contributed by atoms with Gasteiger partial charge < -0.3 is 14.6 Å². The number of amides is 1. The van der Waals surface area contributed by atoms with Gasteiger partial charge in [-0.15, -0.1) is 0 Å². The Bertz CT molecular complexity index is 660. The maximum absolute atomic E-state index is 12.3. The van der Waals surface area contributed by atoms with Crippen LogP contribution in [-0.4, -0.2) is 40.6 Å². The van der Waals surface area contributed by atoms with Crippen LogP contribution in [0.4, 0.5) is 0 Å². The van der Waals surface area contributed by atoms with Crippen molar-refractivity contribution in [2.75, 3.05) is 19.8 Å². The fourth-order valence-electron chi connectivity index (χ4n) is 2.34. The lowest BCUT2D eigenvalue weighted by molar-refractivity contribution is 0.0934. The first kappa shape index (κ1) is 17.2. The minimum atomic E-state index is -0.227. The monoisotopic (exact) mass is 320 g/mol. The molecule has 2 aromatic rings. The molecule has 1 N–H and O–H groups in total. The van der Waals surface area contributed by atoms with Crippen LogP contribution in [0.25, 0.3) is 0 Å². The van der Waals surface area contributed by atoms with Crippen LogP contribution in [0.5, 0.6) is 0 Å². The van der Waals surface area contributed by atoms with Crippen molar-refractivity contribution >= 4 is 5.91 Å². The van der Waals surface area contributed by atoms with E-state index in [0.29, 0.717) is 37.8 Å². The molecule has 0 radical (unpaired) electrons. The van der Waals surface area contributed by atoms with Gasteiger partial charge in [0, 0.05) is 31.0 Å². The van der Waals surface area contributed by atoms with E-state index in [1.54, 1.807) is 6.92 Å². The molecule has 2 heterocycles. The van der Waals surface area contributed by atoms with Gasteiger partial charge in [-0.25, -0.2) is 0 Å². The molecule has 23 heavy (non-hydrogen) atoms. The van der Waals surface area contributed by atoms with Crippen molar-refractivity contribution in [1.82, 2.24) is 20.3 Å². The van der Waals surface area contributed by atoms with E-state index in [0.717, 1.165) is 23.4 Å². The third-order valence-electron chi connectivity index (χ3n) is 3.57. The Kier molecular flexibility index (Phi) is 5.92. The molecule has 1 amide bonds. The van der Waals surface area contributed by atoms with E-state index < -0.39 is 0 Å². The number of nitrogens with zero attached hydrogens (tertiary/aromatic N) is 3.